The van der Waals surface area contributed by atoms with Gasteiger partial charge in [0.05, 0.1) is 0 Å². The first-order chi connectivity index (χ1) is 8.08. The highest BCUT2D eigenvalue weighted by atomic mass is 15.3. The Morgan fingerprint density at radius 1 is 1.06 bits per heavy atom. The molecule has 0 radical (unpaired) electrons. The Hall–Kier alpha value is -0.0800. The van der Waals surface area contributed by atoms with Crippen molar-refractivity contribution in [1.82, 2.24) is 10.2 Å². The molecule has 17 heavy (non-hydrogen) atoms. The van der Waals surface area contributed by atoms with E-state index in [1.807, 2.05) is 0 Å². The van der Waals surface area contributed by atoms with Crippen LogP contribution in [0.5, 0.6) is 0 Å². The number of rotatable bonds is 2. The normalized spacial score (nSPS) is 40.8. The van der Waals surface area contributed by atoms with Gasteiger partial charge in [0.2, 0.25) is 0 Å². The zero-order chi connectivity index (χ0) is 12.4. The standard InChI is InChI=1S/C15H30N2/c1-11(2)15-9-16-13(4)10-17(15)14-7-5-12(3)6-8-14/h11-16H,5-10H2,1-4H3. The van der Waals surface area contributed by atoms with Crippen molar-refractivity contribution in [2.75, 3.05) is 13.1 Å². The fraction of sp³-hybridized carbons (Fsp3) is 1.00. The molecule has 1 aliphatic carbocycles. The quantitative estimate of drug-likeness (QED) is 0.796. The summed E-state index contributed by atoms with van der Waals surface area (Å²) in [4.78, 5) is 2.83. The third-order valence-corrected chi connectivity index (χ3v) is 4.81. The largest absolute Gasteiger partial charge is 0.311 e. The van der Waals surface area contributed by atoms with Crippen LogP contribution in [-0.4, -0.2) is 36.1 Å². The fourth-order valence-corrected chi connectivity index (χ4v) is 3.57. The summed E-state index contributed by atoms with van der Waals surface area (Å²) in [6.07, 6.45) is 5.73. The third kappa shape index (κ3) is 3.23. The molecule has 2 fully saturated rings. The molecular weight excluding hydrogens is 208 g/mol. The van der Waals surface area contributed by atoms with Gasteiger partial charge in [0.25, 0.3) is 0 Å². The molecule has 0 amide bonds. The molecule has 2 nitrogen and oxygen atoms in total. The summed E-state index contributed by atoms with van der Waals surface area (Å²) in [5, 5.41) is 3.65. The van der Waals surface area contributed by atoms with E-state index in [4.69, 9.17) is 0 Å². The highest BCUT2D eigenvalue weighted by Crippen LogP contribution is 2.30. The Bertz CT molecular complexity index is 231. The second kappa shape index (κ2) is 5.71. The maximum absolute atomic E-state index is 3.65. The van der Waals surface area contributed by atoms with Crippen LogP contribution >= 0.6 is 0 Å². The number of piperazine rings is 1. The molecule has 0 bridgehead atoms. The van der Waals surface area contributed by atoms with Crippen molar-refractivity contribution in [1.29, 1.82) is 0 Å². The lowest BCUT2D eigenvalue weighted by Crippen LogP contribution is -2.60. The molecule has 2 heteroatoms. The van der Waals surface area contributed by atoms with Gasteiger partial charge in [-0.05, 0) is 44.4 Å². The van der Waals surface area contributed by atoms with Crippen molar-refractivity contribution in [3.05, 3.63) is 0 Å². The molecule has 2 aliphatic rings. The van der Waals surface area contributed by atoms with Crippen LogP contribution in [0.15, 0.2) is 0 Å². The summed E-state index contributed by atoms with van der Waals surface area (Å²) in [7, 11) is 0. The summed E-state index contributed by atoms with van der Waals surface area (Å²) >= 11 is 0. The summed E-state index contributed by atoms with van der Waals surface area (Å²) in [6, 6.07) is 2.29. The zero-order valence-electron chi connectivity index (χ0n) is 12.1. The molecule has 1 saturated heterocycles. The molecule has 2 rings (SSSR count). The minimum atomic E-state index is 0.671. The van der Waals surface area contributed by atoms with Crippen molar-refractivity contribution in [3.63, 3.8) is 0 Å². The van der Waals surface area contributed by atoms with Crippen LogP contribution in [0.25, 0.3) is 0 Å². The summed E-state index contributed by atoms with van der Waals surface area (Å²) in [5.74, 6) is 1.73. The van der Waals surface area contributed by atoms with Gasteiger partial charge < -0.3 is 5.32 Å². The molecule has 0 aromatic heterocycles. The van der Waals surface area contributed by atoms with E-state index in [2.05, 4.69) is 37.9 Å². The summed E-state index contributed by atoms with van der Waals surface area (Å²) < 4.78 is 0. The second-order valence-corrected chi connectivity index (χ2v) is 6.73. The first kappa shape index (κ1) is 13.4. The van der Waals surface area contributed by atoms with E-state index in [9.17, 15) is 0 Å². The Labute approximate surface area is 107 Å². The van der Waals surface area contributed by atoms with Crippen molar-refractivity contribution in [2.45, 2.75) is 71.5 Å². The van der Waals surface area contributed by atoms with E-state index in [1.54, 1.807) is 0 Å². The first-order valence-electron chi connectivity index (χ1n) is 7.57. The number of hydrogen-bond donors (Lipinski definition) is 1. The Balaban J connectivity index is 1.99. The fourth-order valence-electron chi connectivity index (χ4n) is 3.57. The minimum Gasteiger partial charge on any atom is -0.311 e. The maximum atomic E-state index is 3.65. The van der Waals surface area contributed by atoms with Crippen LogP contribution in [0.4, 0.5) is 0 Å². The molecule has 0 aromatic carbocycles. The van der Waals surface area contributed by atoms with E-state index in [0.29, 0.717) is 6.04 Å². The average Bonchev–Trinajstić information content (AvgIpc) is 2.29. The van der Waals surface area contributed by atoms with Gasteiger partial charge in [-0.3, -0.25) is 4.90 Å². The number of nitrogens with one attached hydrogen (secondary N) is 1. The van der Waals surface area contributed by atoms with E-state index >= 15 is 0 Å². The van der Waals surface area contributed by atoms with Crippen LogP contribution in [-0.2, 0) is 0 Å². The van der Waals surface area contributed by atoms with Gasteiger partial charge >= 0.3 is 0 Å². The lowest BCUT2D eigenvalue weighted by molar-refractivity contribution is 0.0363. The van der Waals surface area contributed by atoms with Crippen LogP contribution in [0.1, 0.15) is 53.4 Å². The smallest absolute Gasteiger partial charge is 0.0247 e. The molecule has 0 aromatic rings. The molecule has 2 unspecified atom stereocenters. The van der Waals surface area contributed by atoms with Gasteiger partial charge in [-0.1, -0.05) is 20.8 Å². The van der Waals surface area contributed by atoms with E-state index in [1.165, 1.54) is 38.8 Å². The number of hydrogen-bond acceptors (Lipinski definition) is 2. The molecule has 2 atom stereocenters. The molecule has 1 heterocycles. The topological polar surface area (TPSA) is 15.3 Å². The molecule has 100 valence electrons. The summed E-state index contributed by atoms with van der Waals surface area (Å²) in [5.41, 5.74) is 0. The van der Waals surface area contributed by atoms with Gasteiger partial charge in [0, 0.05) is 31.2 Å². The van der Waals surface area contributed by atoms with Gasteiger partial charge in [-0.15, -0.1) is 0 Å². The SMILES string of the molecule is CC1CCC(N2CC(C)NCC2C(C)C)CC1. The molecule has 1 aliphatic heterocycles. The number of nitrogens with zero attached hydrogens (tertiary/aromatic N) is 1. The van der Waals surface area contributed by atoms with E-state index < -0.39 is 0 Å². The Kier molecular flexibility index (Phi) is 4.48. The molecule has 0 spiro atoms. The van der Waals surface area contributed by atoms with E-state index in [-0.39, 0.29) is 0 Å². The van der Waals surface area contributed by atoms with Gasteiger partial charge in [0.1, 0.15) is 0 Å². The molecular formula is C15H30N2. The highest BCUT2D eigenvalue weighted by Gasteiger charge is 2.34. The molecule has 1 saturated carbocycles. The van der Waals surface area contributed by atoms with Crippen LogP contribution in [0.2, 0.25) is 0 Å². The minimum absolute atomic E-state index is 0.671. The third-order valence-electron chi connectivity index (χ3n) is 4.81. The predicted octanol–water partition coefficient (Wildman–Crippen LogP) is 2.88. The predicted molar refractivity (Wildman–Crippen MR) is 74.2 cm³/mol. The van der Waals surface area contributed by atoms with Crippen LogP contribution in [0.3, 0.4) is 0 Å². The average molecular weight is 238 g/mol. The van der Waals surface area contributed by atoms with E-state index in [0.717, 1.165) is 23.9 Å². The lowest BCUT2D eigenvalue weighted by Gasteiger charge is -2.47. The van der Waals surface area contributed by atoms with Crippen LogP contribution < -0.4 is 5.32 Å². The monoisotopic (exact) mass is 238 g/mol. The maximum Gasteiger partial charge on any atom is 0.0247 e. The molecule has 1 N–H and O–H groups in total. The van der Waals surface area contributed by atoms with Gasteiger partial charge in [-0.25, -0.2) is 0 Å². The first-order valence-corrected chi connectivity index (χ1v) is 7.57. The summed E-state index contributed by atoms with van der Waals surface area (Å²) in [6.45, 7) is 11.9. The van der Waals surface area contributed by atoms with Crippen LogP contribution in [0, 0.1) is 11.8 Å². The highest BCUT2D eigenvalue weighted by molar-refractivity contribution is 4.91. The van der Waals surface area contributed by atoms with Crippen molar-refractivity contribution in [2.24, 2.45) is 11.8 Å². The Morgan fingerprint density at radius 2 is 1.71 bits per heavy atom. The second-order valence-electron chi connectivity index (χ2n) is 6.73. The van der Waals surface area contributed by atoms with Gasteiger partial charge in [-0.2, -0.15) is 0 Å². The van der Waals surface area contributed by atoms with Crippen molar-refractivity contribution in [3.8, 4) is 0 Å². The van der Waals surface area contributed by atoms with Crippen molar-refractivity contribution < 1.29 is 0 Å². The Morgan fingerprint density at radius 3 is 2.29 bits per heavy atom. The lowest BCUT2D eigenvalue weighted by atomic mass is 9.84. The zero-order valence-corrected chi connectivity index (χ0v) is 12.1. The van der Waals surface area contributed by atoms with Crippen molar-refractivity contribution >= 4 is 0 Å². The van der Waals surface area contributed by atoms with Gasteiger partial charge in [0.15, 0.2) is 0 Å².